The van der Waals surface area contributed by atoms with E-state index in [1.807, 2.05) is 24.3 Å². The Labute approximate surface area is 155 Å². The van der Waals surface area contributed by atoms with Crippen molar-refractivity contribution in [3.05, 3.63) is 83.7 Å². The summed E-state index contributed by atoms with van der Waals surface area (Å²) in [6.45, 7) is 0.649. The maximum Gasteiger partial charge on any atom is 0.259 e. The van der Waals surface area contributed by atoms with E-state index >= 15 is 0 Å². The van der Waals surface area contributed by atoms with Gasteiger partial charge in [-0.05, 0) is 42.7 Å². The molecule has 3 aromatic rings. The van der Waals surface area contributed by atoms with Crippen LogP contribution in [-0.2, 0) is 6.42 Å². The molecule has 0 fully saturated rings. The molecule has 2 aromatic carbocycles. The Kier molecular flexibility index (Phi) is 4.54. The minimum atomic E-state index is -0.940. The number of benzene rings is 2. The molecule has 0 spiro atoms. The van der Waals surface area contributed by atoms with Crippen LogP contribution < -0.4 is 10.2 Å². The van der Waals surface area contributed by atoms with Crippen molar-refractivity contribution in [3.63, 3.8) is 0 Å². The summed E-state index contributed by atoms with van der Waals surface area (Å²) in [5, 5.41) is 2.95. The summed E-state index contributed by atoms with van der Waals surface area (Å²) >= 11 is 0. The van der Waals surface area contributed by atoms with Gasteiger partial charge in [0, 0.05) is 30.2 Å². The number of para-hydroxylation sites is 1. The van der Waals surface area contributed by atoms with E-state index in [0.717, 1.165) is 36.2 Å². The molecule has 0 atom stereocenters. The molecule has 136 valence electrons. The molecule has 1 N–H and O–H groups in total. The molecule has 1 aliphatic rings. The zero-order chi connectivity index (χ0) is 18.8. The van der Waals surface area contributed by atoms with E-state index in [1.165, 1.54) is 18.5 Å². The second-order valence-corrected chi connectivity index (χ2v) is 6.41. The first-order chi connectivity index (χ1) is 13.1. The number of rotatable bonds is 3. The van der Waals surface area contributed by atoms with Crippen LogP contribution in [0.1, 0.15) is 22.3 Å². The highest BCUT2D eigenvalue weighted by Crippen LogP contribution is 2.28. The molecule has 0 bridgehead atoms. The Morgan fingerprint density at radius 1 is 1.00 bits per heavy atom. The monoisotopic (exact) mass is 365 g/mol. The highest BCUT2D eigenvalue weighted by Gasteiger charge is 2.23. The zero-order valence-corrected chi connectivity index (χ0v) is 14.5. The number of nitrogens with one attached hydrogen (secondary N) is 1. The predicted molar refractivity (Wildman–Crippen MR) is 100 cm³/mol. The molecule has 0 unspecified atom stereocenters. The van der Waals surface area contributed by atoms with Crippen LogP contribution in [0.3, 0.4) is 0 Å². The number of hydrogen-bond acceptors (Lipinski definition) is 3. The predicted octanol–water partition coefficient (Wildman–Crippen LogP) is 4.70. The van der Waals surface area contributed by atoms with Gasteiger partial charge in [0.05, 0.1) is 17.4 Å². The lowest BCUT2D eigenvalue weighted by Crippen LogP contribution is -2.35. The maximum absolute atomic E-state index is 13.4. The van der Waals surface area contributed by atoms with Crippen molar-refractivity contribution in [2.24, 2.45) is 0 Å². The Bertz CT molecular complexity index is 1010. The molecule has 6 heteroatoms. The molecule has 0 aliphatic carbocycles. The fraction of sp³-hybridized carbons (Fsp3) is 0.143. The molecule has 1 aliphatic heterocycles. The standard InChI is InChI=1S/C21H17F2N3O/c22-18-8-7-16(11-19(18)23)25-17-10-15(12-24-13-17)21(27)26-9-3-5-14-4-1-2-6-20(14)26/h1-2,4,6-8,10-13,25H,3,5,9H2. The highest BCUT2D eigenvalue weighted by molar-refractivity contribution is 6.07. The van der Waals surface area contributed by atoms with Crippen molar-refractivity contribution in [2.75, 3.05) is 16.8 Å². The van der Waals surface area contributed by atoms with Crippen molar-refractivity contribution in [2.45, 2.75) is 12.8 Å². The van der Waals surface area contributed by atoms with Crippen LogP contribution in [0.15, 0.2) is 60.9 Å². The van der Waals surface area contributed by atoms with Crippen LogP contribution in [0.2, 0.25) is 0 Å². The van der Waals surface area contributed by atoms with Crippen LogP contribution in [0.25, 0.3) is 0 Å². The lowest BCUT2D eigenvalue weighted by molar-refractivity contribution is 0.0985. The number of anilines is 3. The van der Waals surface area contributed by atoms with Crippen molar-refractivity contribution in [3.8, 4) is 0 Å². The number of amides is 1. The van der Waals surface area contributed by atoms with E-state index in [9.17, 15) is 13.6 Å². The number of aryl methyl sites for hydroxylation is 1. The van der Waals surface area contributed by atoms with Crippen molar-refractivity contribution in [1.29, 1.82) is 0 Å². The molecular formula is C21H17F2N3O. The number of carbonyl (C=O) groups is 1. The van der Waals surface area contributed by atoms with E-state index in [1.54, 1.807) is 11.0 Å². The van der Waals surface area contributed by atoms with Crippen LogP contribution in [0.4, 0.5) is 25.8 Å². The fourth-order valence-corrected chi connectivity index (χ4v) is 3.27. The third-order valence-electron chi connectivity index (χ3n) is 4.55. The smallest absolute Gasteiger partial charge is 0.259 e. The maximum atomic E-state index is 13.4. The van der Waals surface area contributed by atoms with Gasteiger partial charge in [-0.1, -0.05) is 18.2 Å². The molecule has 1 amide bonds. The first-order valence-corrected chi connectivity index (χ1v) is 8.69. The molecular weight excluding hydrogens is 348 g/mol. The molecule has 0 radical (unpaired) electrons. The Balaban J connectivity index is 1.59. The minimum Gasteiger partial charge on any atom is -0.354 e. The van der Waals surface area contributed by atoms with Crippen molar-refractivity contribution in [1.82, 2.24) is 4.98 Å². The van der Waals surface area contributed by atoms with Gasteiger partial charge in [-0.2, -0.15) is 0 Å². The number of hydrogen-bond donors (Lipinski definition) is 1. The quantitative estimate of drug-likeness (QED) is 0.732. The van der Waals surface area contributed by atoms with Gasteiger partial charge in [0.1, 0.15) is 0 Å². The third kappa shape index (κ3) is 3.51. The van der Waals surface area contributed by atoms with Crippen LogP contribution in [-0.4, -0.2) is 17.4 Å². The summed E-state index contributed by atoms with van der Waals surface area (Å²) in [5.74, 6) is -1.99. The molecule has 0 saturated carbocycles. The van der Waals surface area contributed by atoms with Gasteiger partial charge in [0.2, 0.25) is 0 Å². The van der Waals surface area contributed by atoms with Gasteiger partial charge in [-0.3, -0.25) is 9.78 Å². The Morgan fingerprint density at radius 2 is 1.85 bits per heavy atom. The summed E-state index contributed by atoms with van der Waals surface area (Å²) < 4.78 is 26.5. The van der Waals surface area contributed by atoms with E-state index in [4.69, 9.17) is 0 Å². The van der Waals surface area contributed by atoms with Gasteiger partial charge in [-0.25, -0.2) is 8.78 Å². The molecule has 2 heterocycles. The van der Waals surface area contributed by atoms with Crippen LogP contribution >= 0.6 is 0 Å². The lowest BCUT2D eigenvalue weighted by atomic mass is 10.0. The SMILES string of the molecule is O=C(c1cncc(Nc2ccc(F)c(F)c2)c1)N1CCCc2ccccc21. The molecule has 0 saturated heterocycles. The molecule has 4 nitrogen and oxygen atoms in total. The minimum absolute atomic E-state index is 0.136. The first kappa shape index (κ1) is 17.1. The summed E-state index contributed by atoms with van der Waals surface area (Å²) in [7, 11) is 0. The van der Waals surface area contributed by atoms with E-state index < -0.39 is 11.6 Å². The lowest BCUT2D eigenvalue weighted by Gasteiger charge is -2.29. The second kappa shape index (κ2) is 7.15. The van der Waals surface area contributed by atoms with Crippen LogP contribution in [0.5, 0.6) is 0 Å². The van der Waals surface area contributed by atoms with Gasteiger partial charge in [0.25, 0.3) is 5.91 Å². The van der Waals surface area contributed by atoms with Crippen molar-refractivity contribution < 1.29 is 13.6 Å². The summed E-state index contributed by atoms with van der Waals surface area (Å²) in [4.78, 5) is 18.9. The largest absolute Gasteiger partial charge is 0.354 e. The van der Waals surface area contributed by atoms with Crippen LogP contribution in [0, 0.1) is 11.6 Å². The number of aromatic nitrogens is 1. The summed E-state index contributed by atoms with van der Waals surface area (Å²) in [6, 6.07) is 13.1. The Morgan fingerprint density at radius 3 is 2.70 bits per heavy atom. The first-order valence-electron chi connectivity index (χ1n) is 8.69. The molecule has 1 aromatic heterocycles. The van der Waals surface area contributed by atoms with E-state index in [0.29, 0.717) is 23.5 Å². The third-order valence-corrected chi connectivity index (χ3v) is 4.55. The topological polar surface area (TPSA) is 45.2 Å². The highest BCUT2D eigenvalue weighted by atomic mass is 19.2. The van der Waals surface area contributed by atoms with E-state index in [-0.39, 0.29) is 5.91 Å². The van der Waals surface area contributed by atoms with E-state index in [2.05, 4.69) is 10.3 Å². The Hall–Kier alpha value is -3.28. The molecule has 27 heavy (non-hydrogen) atoms. The number of nitrogens with zero attached hydrogens (tertiary/aromatic N) is 2. The fourth-order valence-electron chi connectivity index (χ4n) is 3.27. The van der Waals surface area contributed by atoms with Gasteiger partial charge < -0.3 is 10.2 Å². The molecule has 4 rings (SSSR count). The number of fused-ring (bicyclic) bond motifs is 1. The number of halogens is 2. The normalized spacial score (nSPS) is 13.2. The van der Waals surface area contributed by atoms with Gasteiger partial charge in [0.15, 0.2) is 11.6 Å². The van der Waals surface area contributed by atoms with Crippen molar-refractivity contribution >= 4 is 23.0 Å². The van der Waals surface area contributed by atoms with Gasteiger partial charge >= 0.3 is 0 Å². The second-order valence-electron chi connectivity index (χ2n) is 6.41. The van der Waals surface area contributed by atoms with Gasteiger partial charge in [-0.15, -0.1) is 0 Å². The number of carbonyl (C=O) groups excluding carboxylic acids is 1. The average molecular weight is 365 g/mol. The summed E-state index contributed by atoms with van der Waals surface area (Å²) in [5.41, 5.74) is 3.41. The number of pyridine rings is 1. The summed E-state index contributed by atoms with van der Waals surface area (Å²) in [6.07, 6.45) is 4.90. The zero-order valence-electron chi connectivity index (χ0n) is 14.5. The average Bonchev–Trinajstić information content (AvgIpc) is 2.70.